The molecule has 5 nitrogen and oxygen atoms in total. The van der Waals surface area contributed by atoms with E-state index in [4.69, 9.17) is 0 Å². The molecular weight excluding hydrogens is 286 g/mol. The van der Waals surface area contributed by atoms with Crippen LogP contribution in [0.4, 0.5) is 0 Å². The topological polar surface area (TPSA) is 61.4 Å². The van der Waals surface area contributed by atoms with Crippen molar-refractivity contribution in [2.45, 2.75) is 44.9 Å². The van der Waals surface area contributed by atoms with Gasteiger partial charge < -0.3 is 5.32 Å². The van der Waals surface area contributed by atoms with Crippen LogP contribution >= 0.6 is 0 Å². The molecule has 21 heavy (non-hydrogen) atoms. The lowest BCUT2D eigenvalue weighted by molar-refractivity contribution is 0.328. The highest BCUT2D eigenvalue weighted by Gasteiger charge is 2.43. The standard InChI is InChI=1S/C15H21N3O2S/c19-21(20,18-10-12-2-4-15(18)6-12)17-7-11-1-3-13-8-16-9-14(13)5-11/h1,3,5,12,15-17H,2,4,6-10H2. The number of hydrogen-bond acceptors (Lipinski definition) is 3. The van der Waals surface area contributed by atoms with Crippen molar-refractivity contribution in [2.75, 3.05) is 6.54 Å². The van der Waals surface area contributed by atoms with Crippen LogP contribution in [-0.2, 0) is 29.8 Å². The summed E-state index contributed by atoms with van der Waals surface area (Å²) in [7, 11) is -3.34. The van der Waals surface area contributed by atoms with Crippen molar-refractivity contribution in [1.29, 1.82) is 0 Å². The van der Waals surface area contributed by atoms with Crippen LogP contribution in [0.2, 0.25) is 0 Å². The molecule has 2 unspecified atom stereocenters. The molecule has 2 aliphatic heterocycles. The van der Waals surface area contributed by atoms with Crippen LogP contribution in [-0.4, -0.2) is 25.3 Å². The highest BCUT2D eigenvalue weighted by molar-refractivity contribution is 7.87. The van der Waals surface area contributed by atoms with Crippen LogP contribution < -0.4 is 10.0 Å². The average Bonchev–Trinajstić information content (AvgIpc) is 3.20. The highest BCUT2D eigenvalue weighted by atomic mass is 32.2. The van der Waals surface area contributed by atoms with Crippen molar-refractivity contribution in [3.63, 3.8) is 0 Å². The molecule has 1 aromatic carbocycles. The second-order valence-corrected chi connectivity index (χ2v) is 8.14. The molecule has 2 bridgehead atoms. The summed E-state index contributed by atoms with van der Waals surface area (Å²) in [6.07, 6.45) is 3.26. The van der Waals surface area contributed by atoms with Gasteiger partial charge in [-0.1, -0.05) is 18.2 Å². The molecule has 0 amide bonds. The lowest BCUT2D eigenvalue weighted by Crippen LogP contribution is -2.44. The Morgan fingerprint density at radius 3 is 2.86 bits per heavy atom. The molecule has 1 aromatic rings. The number of benzene rings is 1. The van der Waals surface area contributed by atoms with Gasteiger partial charge in [-0.2, -0.15) is 17.4 Å². The summed E-state index contributed by atoms with van der Waals surface area (Å²) in [5.74, 6) is 0.581. The molecule has 1 aliphatic carbocycles. The lowest BCUT2D eigenvalue weighted by atomic mass is 10.1. The summed E-state index contributed by atoms with van der Waals surface area (Å²) in [6.45, 7) is 2.88. The fraction of sp³-hybridized carbons (Fsp3) is 0.600. The van der Waals surface area contributed by atoms with Gasteiger partial charge in [0.1, 0.15) is 0 Å². The zero-order valence-electron chi connectivity index (χ0n) is 12.0. The Morgan fingerprint density at radius 1 is 1.24 bits per heavy atom. The van der Waals surface area contributed by atoms with E-state index >= 15 is 0 Å². The van der Waals surface area contributed by atoms with Crippen LogP contribution in [0.5, 0.6) is 0 Å². The first-order valence-corrected chi connectivity index (χ1v) is 9.14. The van der Waals surface area contributed by atoms with Crippen LogP contribution in [0, 0.1) is 5.92 Å². The zero-order valence-corrected chi connectivity index (χ0v) is 12.8. The average molecular weight is 307 g/mol. The van der Waals surface area contributed by atoms with Crippen LogP contribution in [0.15, 0.2) is 18.2 Å². The first kappa shape index (κ1) is 13.7. The molecule has 2 atom stereocenters. The Balaban J connectivity index is 1.44. The van der Waals surface area contributed by atoms with Crippen LogP contribution in [0.3, 0.4) is 0 Å². The Hall–Kier alpha value is -0.950. The van der Waals surface area contributed by atoms with Gasteiger partial charge in [-0.3, -0.25) is 0 Å². The van der Waals surface area contributed by atoms with E-state index in [-0.39, 0.29) is 6.04 Å². The molecule has 114 valence electrons. The number of nitrogens with zero attached hydrogens (tertiary/aromatic N) is 1. The fourth-order valence-electron chi connectivity index (χ4n) is 3.89. The summed E-state index contributed by atoms with van der Waals surface area (Å²) in [5.41, 5.74) is 3.63. The van der Waals surface area contributed by atoms with Crippen molar-refractivity contribution in [1.82, 2.24) is 14.3 Å². The van der Waals surface area contributed by atoms with Crippen LogP contribution in [0.1, 0.15) is 36.0 Å². The molecule has 4 rings (SSSR count). The lowest BCUT2D eigenvalue weighted by Gasteiger charge is -2.26. The van der Waals surface area contributed by atoms with E-state index in [2.05, 4.69) is 22.2 Å². The summed E-state index contributed by atoms with van der Waals surface area (Å²) < 4.78 is 29.3. The Bertz CT molecular complexity index is 659. The van der Waals surface area contributed by atoms with E-state index in [9.17, 15) is 8.42 Å². The summed E-state index contributed by atoms with van der Waals surface area (Å²) in [4.78, 5) is 0. The maximum absolute atomic E-state index is 12.4. The molecule has 0 spiro atoms. The number of nitrogens with one attached hydrogen (secondary N) is 2. The van der Waals surface area contributed by atoms with E-state index in [1.54, 1.807) is 4.31 Å². The third-order valence-electron chi connectivity index (χ3n) is 5.03. The Morgan fingerprint density at radius 2 is 2.10 bits per heavy atom. The van der Waals surface area contributed by atoms with Gasteiger partial charge in [-0.05, 0) is 41.9 Å². The molecule has 1 saturated heterocycles. The van der Waals surface area contributed by atoms with Crippen molar-refractivity contribution in [3.05, 3.63) is 34.9 Å². The van der Waals surface area contributed by atoms with Gasteiger partial charge >= 0.3 is 0 Å². The van der Waals surface area contributed by atoms with Gasteiger partial charge in [-0.15, -0.1) is 0 Å². The third kappa shape index (κ3) is 2.50. The third-order valence-corrected chi connectivity index (χ3v) is 6.60. The van der Waals surface area contributed by atoms with Gasteiger partial charge in [0.2, 0.25) is 0 Å². The van der Waals surface area contributed by atoms with Crippen molar-refractivity contribution >= 4 is 10.2 Å². The molecule has 2 heterocycles. The molecule has 0 aromatic heterocycles. The quantitative estimate of drug-likeness (QED) is 0.876. The van der Waals surface area contributed by atoms with E-state index in [0.717, 1.165) is 31.5 Å². The van der Waals surface area contributed by atoms with Gasteiger partial charge in [0.15, 0.2) is 0 Å². The molecule has 2 fully saturated rings. The Kier molecular flexibility index (Phi) is 3.29. The fourth-order valence-corrected chi connectivity index (χ4v) is 5.40. The second-order valence-electron chi connectivity index (χ2n) is 6.44. The van der Waals surface area contributed by atoms with Crippen LogP contribution in [0.25, 0.3) is 0 Å². The molecule has 0 radical (unpaired) electrons. The maximum Gasteiger partial charge on any atom is 0.280 e. The van der Waals surface area contributed by atoms with Crippen molar-refractivity contribution in [2.24, 2.45) is 5.92 Å². The van der Waals surface area contributed by atoms with Gasteiger partial charge in [0, 0.05) is 32.2 Å². The number of rotatable bonds is 4. The minimum absolute atomic E-state index is 0.233. The molecular formula is C15H21N3O2S. The Labute approximate surface area is 125 Å². The molecule has 6 heteroatoms. The monoisotopic (exact) mass is 307 g/mol. The van der Waals surface area contributed by atoms with E-state index in [1.807, 2.05) is 6.07 Å². The SMILES string of the molecule is O=S(=O)(NCc1ccc2c(c1)CNC2)N1CC2CCC1C2. The van der Waals surface area contributed by atoms with E-state index in [1.165, 1.54) is 17.5 Å². The zero-order chi connectivity index (χ0) is 14.4. The van der Waals surface area contributed by atoms with Gasteiger partial charge in [0.05, 0.1) is 0 Å². The molecule has 3 aliphatic rings. The number of fused-ring (bicyclic) bond motifs is 3. The smallest absolute Gasteiger partial charge is 0.280 e. The first-order chi connectivity index (χ1) is 10.1. The normalized spacial score (nSPS) is 28.2. The maximum atomic E-state index is 12.4. The predicted octanol–water partition coefficient (Wildman–Crippen LogP) is 1.11. The number of piperidine rings is 1. The van der Waals surface area contributed by atoms with Gasteiger partial charge in [-0.25, -0.2) is 0 Å². The molecule has 2 N–H and O–H groups in total. The van der Waals surface area contributed by atoms with Gasteiger partial charge in [0.25, 0.3) is 10.2 Å². The summed E-state index contributed by atoms with van der Waals surface area (Å²) in [5, 5.41) is 3.30. The van der Waals surface area contributed by atoms with Crippen molar-refractivity contribution < 1.29 is 8.42 Å². The van der Waals surface area contributed by atoms with E-state index < -0.39 is 10.2 Å². The highest BCUT2D eigenvalue weighted by Crippen LogP contribution is 2.38. The minimum Gasteiger partial charge on any atom is -0.309 e. The number of hydrogen-bond donors (Lipinski definition) is 2. The predicted molar refractivity (Wildman–Crippen MR) is 80.6 cm³/mol. The largest absolute Gasteiger partial charge is 0.309 e. The summed E-state index contributed by atoms with van der Waals surface area (Å²) >= 11 is 0. The molecule has 1 saturated carbocycles. The van der Waals surface area contributed by atoms with E-state index in [0.29, 0.717) is 19.0 Å². The first-order valence-electron chi connectivity index (χ1n) is 7.70. The second kappa shape index (κ2) is 5.05. The minimum atomic E-state index is -3.34. The summed E-state index contributed by atoms with van der Waals surface area (Å²) in [6, 6.07) is 6.45. The van der Waals surface area contributed by atoms with Crippen molar-refractivity contribution in [3.8, 4) is 0 Å².